The minimum Gasteiger partial charge on any atom is -0.454 e. The van der Waals surface area contributed by atoms with Crippen LogP contribution in [-0.2, 0) is 66.4 Å². The molecule has 0 aliphatic carbocycles. The molecule has 10 nitrogen and oxygen atoms in total. The van der Waals surface area contributed by atoms with Crippen LogP contribution in [-0.4, -0.2) is 56.5 Å². The van der Waals surface area contributed by atoms with Gasteiger partial charge in [0.2, 0.25) is 6.29 Å². The second kappa shape index (κ2) is 20.9. The molecule has 5 atom stereocenters. The first-order chi connectivity index (χ1) is 24.6. The van der Waals surface area contributed by atoms with E-state index >= 15 is 0 Å². The lowest BCUT2D eigenvalue weighted by atomic mass is 9.95. The number of rotatable bonds is 21. The van der Waals surface area contributed by atoms with Crippen molar-refractivity contribution < 1.29 is 46.6 Å². The summed E-state index contributed by atoms with van der Waals surface area (Å²) < 4.78 is 64.3. The number of ether oxygens (including phenoxy) is 5. The summed E-state index contributed by atoms with van der Waals surface area (Å²) in [5, 5.41) is 0. The van der Waals surface area contributed by atoms with Crippen molar-refractivity contribution in [2.45, 2.75) is 111 Å². The molecule has 0 amide bonds. The van der Waals surface area contributed by atoms with Crippen LogP contribution in [0.2, 0.25) is 0 Å². The van der Waals surface area contributed by atoms with E-state index in [1.807, 2.05) is 105 Å². The number of hydrogen-bond acceptors (Lipinski definition) is 10. The smallest absolute Gasteiger partial charge is 0.454 e. The number of carbonyl (C=O) groups excluding carboxylic acids is 1. The lowest BCUT2D eigenvalue weighted by Gasteiger charge is -2.46. The SMILES string of the molecule is CCCCOP(=O)(OCCCC)O[C@H]1O[C@H](COCc2ccccc2)[C@@H](OCc2ccccc2)[C@H](OCc2ccccc2)[C@H]1OC(=O)C(C)(C)C. The Morgan fingerprint density at radius 3 is 1.63 bits per heavy atom. The fraction of sp³-hybridized carbons (Fsp3) is 0.525. The molecule has 3 aromatic rings. The van der Waals surface area contributed by atoms with Gasteiger partial charge in [-0.05, 0) is 50.3 Å². The standard InChI is InChI=1S/C40H55O10P/c1-6-8-25-46-51(42,47-26-9-7-2)50-38-37(49-39(41)40(3,4)5)36(45-29-33-23-17-12-18-24-33)35(44-28-32-21-15-11-16-22-32)34(48-38)30-43-27-31-19-13-10-14-20-31/h10-24,34-38H,6-9,25-30H2,1-5H3/t34-,35-,36+,37-,38-/m1/s1. The van der Waals surface area contributed by atoms with Gasteiger partial charge in [-0.25, -0.2) is 4.57 Å². The van der Waals surface area contributed by atoms with Gasteiger partial charge >= 0.3 is 13.8 Å². The van der Waals surface area contributed by atoms with E-state index in [0.29, 0.717) is 19.4 Å². The Morgan fingerprint density at radius 2 is 1.16 bits per heavy atom. The van der Waals surface area contributed by atoms with Crippen molar-refractivity contribution in [1.29, 1.82) is 0 Å². The number of hydrogen-bond donors (Lipinski definition) is 0. The van der Waals surface area contributed by atoms with Gasteiger partial charge in [-0.3, -0.25) is 18.4 Å². The molecule has 1 fully saturated rings. The first kappa shape index (κ1) is 40.8. The highest BCUT2D eigenvalue weighted by Crippen LogP contribution is 2.53. The zero-order chi connectivity index (χ0) is 36.5. The third-order valence-electron chi connectivity index (χ3n) is 8.14. The van der Waals surface area contributed by atoms with Crippen LogP contribution in [0.25, 0.3) is 0 Å². The minimum absolute atomic E-state index is 0.0665. The average molecular weight is 727 g/mol. The summed E-state index contributed by atoms with van der Waals surface area (Å²) >= 11 is 0. The summed E-state index contributed by atoms with van der Waals surface area (Å²) in [4.78, 5) is 13.6. The predicted octanol–water partition coefficient (Wildman–Crippen LogP) is 8.81. The molecule has 0 bridgehead atoms. The van der Waals surface area contributed by atoms with Gasteiger partial charge in [-0.1, -0.05) is 118 Å². The van der Waals surface area contributed by atoms with Gasteiger partial charge in [-0.15, -0.1) is 0 Å². The number of phosphoric acid groups is 1. The molecule has 280 valence electrons. The van der Waals surface area contributed by atoms with Crippen LogP contribution in [0.4, 0.5) is 0 Å². The van der Waals surface area contributed by atoms with Gasteiger partial charge < -0.3 is 23.7 Å². The third-order valence-corrected chi connectivity index (χ3v) is 9.60. The molecular weight excluding hydrogens is 671 g/mol. The number of carbonyl (C=O) groups is 1. The highest BCUT2D eigenvalue weighted by molar-refractivity contribution is 7.48. The summed E-state index contributed by atoms with van der Waals surface area (Å²) in [5.41, 5.74) is 1.93. The van der Waals surface area contributed by atoms with E-state index in [4.69, 9.17) is 37.3 Å². The molecule has 1 aliphatic rings. The van der Waals surface area contributed by atoms with E-state index in [1.54, 1.807) is 20.8 Å². The number of esters is 1. The number of unbranched alkanes of at least 4 members (excludes halogenated alkanes) is 2. The van der Waals surface area contributed by atoms with Crippen molar-refractivity contribution in [3.05, 3.63) is 108 Å². The zero-order valence-electron chi connectivity index (χ0n) is 30.6. The Labute approximate surface area is 303 Å². The molecule has 4 rings (SSSR count). The summed E-state index contributed by atoms with van der Waals surface area (Å²) in [7, 11) is -4.21. The van der Waals surface area contributed by atoms with Gasteiger partial charge in [0.1, 0.15) is 18.3 Å². The van der Waals surface area contributed by atoms with E-state index in [-0.39, 0.29) is 33.0 Å². The summed E-state index contributed by atoms with van der Waals surface area (Å²) in [5.74, 6) is -0.521. The Balaban J connectivity index is 1.73. The summed E-state index contributed by atoms with van der Waals surface area (Å²) in [6, 6.07) is 29.2. The number of benzene rings is 3. The van der Waals surface area contributed by atoms with Crippen LogP contribution in [0.3, 0.4) is 0 Å². The van der Waals surface area contributed by atoms with Crippen molar-refractivity contribution in [3.63, 3.8) is 0 Å². The monoisotopic (exact) mass is 726 g/mol. The Kier molecular flexibility index (Phi) is 16.8. The van der Waals surface area contributed by atoms with Crippen LogP contribution in [0.5, 0.6) is 0 Å². The average Bonchev–Trinajstić information content (AvgIpc) is 3.12. The Morgan fingerprint density at radius 1 is 0.686 bits per heavy atom. The predicted molar refractivity (Wildman–Crippen MR) is 195 cm³/mol. The molecule has 0 N–H and O–H groups in total. The van der Waals surface area contributed by atoms with Crippen molar-refractivity contribution in [2.24, 2.45) is 5.41 Å². The molecule has 0 saturated carbocycles. The molecular formula is C40H55O10P. The minimum atomic E-state index is -4.21. The lowest BCUT2D eigenvalue weighted by Crippen LogP contribution is -2.62. The fourth-order valence-electron chi connectivity index (χ4n) is 5.18. The highest BCUT2D eigenvalue weighted by atomic mass is 31.2. The normalized spacial score (nSPS) is 21.0. The van der Waals surface area contributed by atoms with Crippen LogP contribution < -0.4 is 0 Å². The largest absolute Gasteiger partial charge is 0.477 e. The molecule has 1 heterocycles. The molecule has 1 saturated heterocycles. The number of phosphoric ester groups is 1. The van der Waals surface area contributed by atoms with Crippen LogP contribution in [0.15, 0.2) is 91.0 Å². The maximum atomic E-state index is 14.3. The van der Waals surface area contributed by atoms with Crippen LogP contribution in [0, 0.1) is 5.41 Å². The Bertz CT molecular complexity index is 1440. The summed E-state index contributed by atoms with van der Waals surface area (Å²) in [6.07, 6.45) is -2.24. The van der Waals surface area contributed by atoms with Crippen LogP contribution >= 0.6 is 7.82 Å². The van der Waals surface area contributed by atoms with Crippen LogP contribution in [0.1, 0.15) is 77.0 Å². The van der Waals surface area contributed by atoms with E-state index < -0.39 is 49.9 Å². The van der Waals surface area contributed by atoms with E-state index in [0.717, 1.165) is 29.5 Å². The molecule has 1 aliphatic heterocycles. The zero-order valence-corrected chi connectivity index (χ0v) is 31.5. The van der Waals surface area contributed by atoms with Crippen molar-refractivity contribution in [3.8, 4) is 0 Å². The first-order valence-electron chi connectivity index (χ1n) is 18.0. The summed E-state index contributed by atoms with van der Waals surface area (Å²) in [6.45, 7) is 10.3. The maximum Gasteiger partial charge on any atom is 0.477 e. The van der Waals surface area contributed by atoms with Gasteiger partial charge in [0.05, 0.1) is 45.1 Å². The molecule has 0 aromatic heterocycles. The Hall–Kier alpha value is -2.92. The van der Waals surface area contributed by atoms with Crippen molar-refractivity contribution in [1.82, 2.24) is 0 Å². The lowest BCUT2D eigenvalue weighted by molar-refractivity contribution is -0.307. The van der Waals surface area contributed by atoms with Crippen molar-refractivity contribution in [2.75, 3.05) is 19.8 Å². The quantitative estimate of drug-likeness (QED) is 0.0600. The van der Waals surface area contributed by atoms with Gasteiger partial charge in [-0.2, -0.15) is 0 Å². The van der Waals surface area contributed by atoms with Crippen molar-refractivity contribution >= 4 is 13.8 Å². The fourth-order valence-corrected chi connectivity index (χ4v) is 6.51. The van der Waals surface area contributed by atoms with E-state index in [1.165, 1.54) is 0 Å². The third kappa shape index (κ3) is 13.5. The molecule has 0 radical (unpaired) electrons. The van der Waals surface area contributed by atoms with Gasteiger partial charge in [0.15, 0.2) is 6.10 Å². The molecule has 11 heteroatoms. The molecule has 0 spiro atoms. The molecule has 0 unspecified atom stereocenters. The highest BCUT2D eigenvalue weighted by Gasteiger charge is 2.53. The molecule has 3 aromatic carbocycles. The molecule has 51 heavy (non-hydrogen) atoms. The van der Waals surface area contributed by atoms with Gasteiger partial charge in [0.25, 0.3) is 0 Å². The maximum absolute atomic E-state index is 14.3. The van der Waals surface area contributed by atoms with Gasteiger partial charge in [0, 0.05) is 0 Å². The topological polar surface area (TPSA) is 108 Å². The second-order valence-corrected chi connectivity index (χ2v) is 15.2. The van der Waals surface area contributed by atoms with E-state index in [2.05, 4.69) is 0 Å². The second-order valence-electron chi connectivity index (χ2n) is 13.6. The van der Waals surface area contributed by atoms with E-state index in [9.17, 15) is 9.36 Å². The first-order valence-corrected chi connectivity index (χ1v) is 19.4.